The molecule has 0 amide bonds. The van der Waals surface area contributed by atoms with E-state index in [4.69, 9.17) is 14.2 Å². The van der Waals surface area contributed by atoms with Crippen LogP contribution < -0.4 is 0 Å². The molecule has 0 aromatic rings. The maximum absolute atomic E-state index is 12.9. The van der Waals surface area contributed by atoms with Crippen molar-refractivity contribution >= 4 is 17.9 Å². The summed E-state index contributed by atoms with van der Waals surface area (Å²) in [5, 5.41) is 0. The Labute approximate surface area is 497 Å². The van der Waals surface area contributed by atoms with Gasteiger partial charge in [0.25, 0.3) is 0 Å². The Hall–Kier alpha value is -5.75. The monoisotopic (exact) mass is 1110 g/mol. The van der Waals surface area contributed by atoms with Gasteiger partial charge < -0.3 is 14.2 Å². The van der Waals surface area contributed by atoms with E-state index in [0.717, 1.165) is 154 Å². The zero-order valence-electron chi connectivity index (χ0n) is 51.5. The minimum atomic E-state index is -0.849. The van der Waals surface area contributed by atoms with Crippen molar-refractivity contribution in [1.29, 1.82) is 0 Å². The highest BCUT2D eigenvalue weighted by Crippen LogP contribution is 2.13. The van der Waals surface area contributed by atoms with Crippen LogP contribution in [0.15, 0.2) is 194 Å². The third-order valence-corrected chi connectivity index (χ3v) is 12.6. The lowest BCUT2D eigenvalue weighted by Crippen LogP contribution is -2.30. The van der Waals surface area contributed by atoms with Gasteiger partial charge in [0.1, 0.15) is 13.2 Å². The molecular formula is C75H114O6. The van der Waals surface area contributed by atoms with Crippen LogP contribution in [0.2, 0.25) is 0 Å². The largest absolute Gasteiger partial charge is 0.462 e. The van der Waals surface area contributed by atoms with Crippen LogP contribution in [0.3, 0.4) is 0 Å². The molecule has 6 heteroatoms. The van der Waals surface area contributed by atoms with Gasteiger partial charge in [-0.15, -0.1) is 0 Å². The first-order valence-corrected chi connectivity index (χ1v) is 31.9. The van der Waals surface area contributed by atoms with Gasteiger partial charge in [-0.25, -0.2) is 0 Å². The van der Waals surface area contributed by atoms with Gasteiger partial charge in [-0.05, 0) is 148 Å². The van der Waals surface area contributed by atoms with Crippen molar-refractivity contribution in [3.05, 3.63) is 194 Å². The Kier molecular flexibility index (Phi) is 62.0. The first-order valence-electron chi connectivity index (χ1n) is 31.9. The summed E-state index contributed by atoms with van der Waals surface area (Å²) in [4.78, 5) is 38.2. The molecule has 1 atom stereocenters. The van der Waals surface area contributed by atoms with Crippen molar-refractivity contribution in [2.75, 3.05) is 13.2 Å². The lowest BCUT2D eigenvalue weighted by Gasteiger charge is -2.18. The predicted octanol–water partition coefficient (Wildman–Crippen LogP) is 22.2. The molecule has 0 bridgehead atoms. The van der Waals surface area contributed by atoms with Crippen LogP contribution in [0.4, 0.5) is 0 Å². The SMILES string of the molecule is CC/C=C\C/C=C\C/C=C\C/C=C\C/C=C\C/C=C\C/C=C\C/C=C\C/C=C\CCCCCC(=O)OCC(COC(=O)C/C=C\C/C=C\C/C=C\C/C=C\C/C=C\CC)OC(=O)CCCCCCCCC/C=C\C/C=C\CCCCC. The van der Waals surface area contributed by atoms with Crippen LogP contribution in [-0.2, 0) is 28.6 Å². The first-order chi connectivity index (χ1) is 40.0. The molecule has 0 aliphatic carbocycles. The third-order valence-electron chi connectivity index (χ3n) is 12.6. The molecule has 0 fully saturated rings. The Bertz CT molecular complexity index is 1950. The number of unbranched alkanes of at least 4 members (excludes halogenated alkanes) is 13. The maximum Gasteiger partial charge on any atom is 0.309 e. The third kappa shape index (κ3) is 64.9. The fraction of sp³-hybridized carbons (Fsp3) is 0.533. The lowest BCUT2D eigenvalue weighted by molar-refractivity contribution is -0.166. The molecule has 450 valence electrons. The molecule has 0 saturated carbocycles. The smallest absolute Gasteiger partial charge is 0.309 e. The normalized spacial score (nSPS) is 13.5. The second-order valence-electron chi connectivity index (χ2n) is 20.2. The number of esters is 3. The molecule has 0 N–H and O–H groups in total. The number of rotatable bonds is 55. The molecule has 0 aliphatic heterocycles. The van der Waals surface area contributed by atoms with E-state index in [-0.39, 0.29) is 44.4 Å². The van der Waals surface area contributed by atoms with Crippen molar-refractivity contribution in [3.8, 4) is 0 Å². The standard InChI is InChI=1S/C75H114O6/c1-4-7-10-13-16-19-22-25-28-30-31-32-33-34-35-36-37-38-39-40-41-42-43-45-47-50-53-56-59-62-65-68-74(77)80-71-72(70-79-73(76)67-64-61-58-55-52-49-46-27-24-21-18-15-12-9-6-3)81-75(78)69-66-63-60-57-54-51-48-44-29-26-23-20-17-14-11-8-5-2/h7,9-10,12,16-21,25-29,31-32,34-35,37-38,40-41,43,45-46,50,52-53,55,61,64,72H,4-6,8,11,13-15,22-24,30,33,36,39,42,44,47-49,51,54,56-60,62-63,65-71H2,1-3H3/b10-7-,12-9-,19-16-,20-17-,21-18-,28-25-,29-26-,32-31-,35-34-,38-37-,41-40-,45-43-,46-27-,53-50-,55-52-,64-61-. The molecule has 0 heterocycles. The van der Waals surface area contributed by atoms with E-state index in [1.165, 1.54) is 44.9 Å². The number of ether oxygens (including phenoxy) is 3. The Morgan fingerprint density at radius 1 is 0.272 bits per heavy atom. The molecule has 0 aromatic heterocycles. The van der Waals surface area contributed by atoms with E-state index < -0.39 is 12.1 Å². The lowest BCUT2D eigenvalue weighted by atomic mass is 10.1. The minimum absolute atomic E-state index is 0.109. The van der Waals surface area contributed by atoms with E-state index in [0.29, 0.717) is 0 Å². The minimum Gasteiger partial charge on any atom is -0.462 e. The van der Waals surface area contributed by atoms with E-state index >= 15 is 0 Å². The van der Waals surface area contributed by atoms with Gasteiger partial charge in [-0.1, -0.05) is 267 Å². The maximum atomic E-state index is 12.9. The molecule has 0 radical (unpaired) electrons. The fourth-order valence-corrected chi connectivity index (χ4v) is 7.89. The van der Waals surface area contributed by atoms with Crippen LogP contribution in [0.5, 0.6) is 0 Å². The van der Waals surface area contributed by atoms with Crippen LogP contribution in [-0.4, -0.2) is 37.2 Å². The van der Waals surface area contributed by atoms with Gasteiger partial charge in [-0.2, -0.15) is 0 Å². The van der Waals surface area contributed by atoms with E-state index in [9.17, 15) is 14.4 Å². The van der Waals surface area contributed by atoms with E-state index in [1.54, 1.807) is 6.08 Å². The highest BCUT2D eigenvalue weighted by molar-refractivity contribution is 5.72. The van der Waals surface area contributed by atoms with E-state index in [1.807, 2.05) is 6.08 Å². The molecule has 0 saturated heterocycles. The van der Waals surface area contributed by atoms with Gasteiger partial charge in [0.2, 0.25) is 0 Å². The fourth-order valence-electron chi connectivity index (χ4n) is 7.89. The van der Waals surface area contributed by atoms with Gasteiger partial charge >= 0.3 is 17.9 Å². The van der Waals surface area contributed by atoms with Gasteiger partial charge in [0.15, 0.2) is 6.10 Å². The average Bonchev–Trinajstić information content (AvgIpc) is 3.47. The molecule has 0 aromatic carbocycles. The molecule has 6 nitrogen and oxygen atoms in total. The summed E-state index contributed by atoms with van der Waals surface area (Å²) in [5.41, 5.74) is 0. The second-order valence-corrected chi connectivity index (χ2v) is 20.2. The topological polar surface area (TPSA) is 78.9 Å². The summed E-state index contributed by atoms with van der Waals surface area (Å²) in [5.74, 6) is -1.12. The van der Waals surface area contributed by atoms with Crippen molar-refractivity contribution in [2.45, 2.75) is 245 Å². The highest BCUT2D eigenvalue weighted by atomic mass is 16.6. The molecular weight excluding hydrogens is 997 g/mol. The zero-order valence-corrected chi connectivity index (χ0v) is 51.5. The van der Waals surface area contributed by atoms with Gasteiger partial charge in [0.05, 0.1) is 6.42 Å². The van der Waals surface area contributed by atoms with E-state index in [2.05, 4.69) is 203 Å². The second kappa shape index (κ2) is 66.8. The summed E-state index contributed by atoms with van der Waals surface area (Å²) < 4.78 is 16.8. The first kappa shape index (κ1) is 75.2. The highest BCUT2D eigenvalue weighted by Gasteiger charge is 2.19. The molecule has 81 heavy (non-hydrogen) atoms. The Morgan fingerprint density at radius 3 is 0.877 bits per heavy atom. The Morgan fingerprint density at radius 2 is 0.531 bits per heavy atom. The Balaban J connectivity index is 4.51. The average molecular weight is 1110 g/mol. The number of allylic oxidation sites excluding steroid dienone is 31. The van der Waals surface area contributed by atoms with Crippen LogP contribution >= 0.6 is 0 Å². The van der Waals surface area contributed by atoms with Crippen molar-refractivity contribution in [1.82, 2.24) is 0 Å². The number of carbonyl (C=O) groups excluding carboxylic acids is 3. The van der Waals surface area contributed by atoms with Gasteiger partial charge in [-0.3, -0.25) is 14.4 Å². The van der Waals surface area contributed by atoms with Crippen LogP contribution in [0, 0.1) is 0 Å². The summed E-state index contributed by atoms with van der Waals surface area (Å²) in [6, 6.07) is 0. The number of hydrogen-bond donors (Lipinski definition) is 0. The zero-order chi connectivity index (χ0) is 58.5. The van der Waals surface area contributed by atoms with Crippen molar-refractivity contribution < 1.29 is 28.6 Å². The quantitative estimate of drug-likeness (QED) is 0.0261. The molecule has 0 aliphatic rings. The predicted molar refractivity (Wildman–Crippen MR) is 352 cm³/mol. The van der Waals surface area contributed by atoms with Crippen LogP contribution in [0.1, 0.15) is 239 Å². The van der Waals surface area contributed by atoms with Crippen molar-refractivity contribution in [2.24, 2.45) is 0 Å². The molecule has 0 rings (SSSR count). The van der Waals surface area contributed by atoms with Crippen LogP contribution in [0.25, 0.3) is 0 Å². The summed E-state index contributed by atoms with van der Waals surface area (Å²) in [6.45, 7) is 6.25. The summed E-state index contributed by atoms with van der Waals surface area (Å²) in [6.07, 6.45) is 102. The van der Waals surface area contributed by atoms with Crippen molar-refractivity contribution in [3.63, 3.8) is 0 Å². The number of hydrogen-bond acceptors (Lipinski definition) is 6. The summed E-state index contributed by atoms with van der Waals surface area (Å²) in [7, 11) is 0. The molecule has 1 unspecified atom stereocenters. The number of carbonyl (C=O) groups is 3. The summed E-state index contributed by atoms with van der Waals surface area (Å²) >= 11 is 0. The molecule has 0 spiro atoms. The van der Waals surface area contributed by atoms with Gasteiger partial charge in [0, 0.05) is 12.8 Å².